The van der Waals surface area contributed by atoms with Crippen LogP contribution < -0.4 is 9.62 Å². The smallest absolute Gasteiger partial charge is 0.354 e. The molecule has 4 aromatic carbocycles. The molecular weight excluding hydrogens is 686 g/mol. The van der Waals surface area contributed by atoms with Crippen LogP contribution in [0.3, 0.4) is 0 Å². The van der Waals surface area contributed by atoms with E-state index in [-0.39, 0.29) is 17.9 Å². The Balaban J connectivity index is 1.84. The van der Waals surface area contributed by atoms with Crippen LogP contribution in [0.1, 0.15) is 36.5 Å². The van der Waals surface area contributed by atoms with E-state index in [9.17, 15) is 31.2 Å². The lowest BCUT2D eigenvalue weighted by Gasteiger charge is -2.34. The molecule has 254 valence electrons. The van der Waals surface area contributed by atoms with Crippen LogP contribution in [-0.2, 0) is 38.8 Å². The number of nitrogens with one attached hydrogen (secondary N) is 1. The number of carbonyl (C=O) groups is 2. The van der Waals surface area contributed by atoms with Gasteiger partial charge >= 0.3 is 6.18 Å². The molecule has 0 aromatic heterocycles. The minimum Gasteiger partial charge on any atom is -0.354 e. The Morgan fingerprint density at radius 1 is 0.854 bits per heavy atom. The molecule has 0 bridgehead atoms. The van der Waals surface area contributed by atoms with E-state index < -0.39 is 56.9 Å². The molecule has 0 unspecified atom stereocenters. The van der Waals surface area contributed by atoms with E-state index in [1.807, 2.05) is 13.0 Å². The highest BCUT2D eigenvalue weighted by Gasteiger charge is 2.37. The van der Waals surface area contributed by atoms with Crippen molar-refractivity contribution in [3.05, 3.63) is 130 Å². The summed E-state index contributed by atoms with van der Waals surface area (Å²) in [7, 11) is -4.60. The summed E-state index contributed by atoms with van der Waals surface area (Å²) in [5.74, 6) is -1.28. The van der Waals surface area contributed by atoms with E-state index in [0.717, 1.165) is 24.1 Å². The molecule has 1 atom stereocenters. The third-order valence-corrected chi connectivity index (χ3v) is 9.89. The lowest BCUT2D eigenvalue weighted by molar-refractivity contribution is -0.140. The SMILES string of the molecule is CCCCNC(=O)[C@H](Cc1ccccc1)N(Cc1ccc(Cl)cc1)C(=O)CN(c1ccc(Cl)c(C(F)(F)F)c1)S(=O)(=O)c1ccccc1. The van der Waals surface area contributed by atoms with Gasteiger partial charge in [0.1, 0.15) is 12.6 Å². The van der Waals surface area contributed by atoms with Gasteiger partial charge in [-0.15, -0.1) is 0 Å². The summed E-state index contributed by atoms with van der Waals surface area (Å²) in [6, 6.07) is 24.1. The van der Waals surface area contributed by atoms with Crippen molar-refractivity contribution in [1.82, 2.24) is 10.2 Å². The normalized spacial score (nSPS) is 12.3. The van der Waals surface area contributed by atoms with Gasteiger partial charge in [0.2, 0.25) is 11.8 Å². The number of anilines is 1. The van der Waals surface area contributed by atoms with Gasteiger partial charge in [-0.3, -0.25) is 13.9 Å². The average molecular weight is 721 g/mol. The topological polar surface area (TPSA) is 86.8 Å². The number of hydrogen-bond acceptors (Lipinski definition) is 4. The fraction of sp³-hybridized carbons (Fsp3) is 0.257. The minimum atomic E-state index is -4.91. The lowest BCUT2D eigenvalue weighted by atomic mass is 10.0. The van der Waals surface area contributed by atoms with Crippen LogP contribution >= 0.6 is 23.2 Å². The number of sulfonamides is 1. The van der Waals surface area contributed by atoms with Gasteiger partial charge < -0.3 is 10.2 Å². The molecular formula is C35H34Cl2F3N3O4S. The van der Waals surface area contributed by atoms with Crippen LogP contribution in [-0.4, -0.2) is 44.3 Å². The second kappa shape index (κ2) is 16.4. The molecule has 0 saturated carbocycles. The van der Waals surface area contributed by atoms with Crippen LogP contribution in [0.15, 0.2) is 108 Å². The van der Waals surface area contributed by atoms with E-state index in [2.05, 4.69) is 5.32 Å². The van der Waals surface area contributed by atoms with Crippen LogP contribution in [0.25, 0.3) is 0 Å². The summed E-state index contributed by atoms with van der Waals surface area (Å²) in [4.78, 5) is 29.2. The van der Waals surface area contributed by atoms with Crippen LogP contribution in [0.2, 0.25) is 10.0 Å². The zero-order valence-corrected chi connectivity index (χ0v) is 28.3. The molecule has 2 amide bonds. The largest absolute Gasteiger partial charge is 0.417 e. The fourth-order valence-electron chi connectivity index (χ4n) is 4.98. The molecule has 4 rings (SSSR count). The summed E-state index contributed by atoms with van der Waals surface area (Å²) in [5, 5.41) is 2.69. The third kappa shape index (κ3) is 9.52. The molecule has 0 heterocycles. The monoisotopic (exact) mass is 719 g/mol. The molecule has 0 spiro atoms. The molecule has 1 N–H and O–H groups in total. The maximum absolute atomic E-state index is 14.5. The quantitative estimate of drug-likeness (QED) is 0.135. The maximum Gasteiger partial charge on any atom is 0.417 e. The predicted octanol–water partition coefficient (Wildman–Crippen LogP) is 7.76. The molecule has 0 aliphatic rings. The van der Waals surface area contributed by atoms with Gasteiger partial charge in [0.15, 0.2) is 0 Å². The first-order valence-corrected chi connectivity index (χ1v) is 17.3. The van der Waals surface area contributed by atoms with Gasteiger partial charge in [0, 0.05) is 24.5 Å². The number of benzene rings is 4. The molecule has 0 saturated heterocycles. The Labute approximate surface area is 288 Å². The second-order valence-electron chi connectivity index (χ2n) is 11.0. The van der Waals surface area contributed by atoms with Crippen molar-refractivity contribution in [3.63, 3.8) is 0 Å². The highest BCUT2D eigenvalue weighted by molar-refractivity contribution is 7.92. The zero-order valence-electron chi connectivity index (χ0n) is 26.0. The van der Waals surface area contributed by atoms with Crippen molar-refractivity contribution in [1.29, 1.82) is 0 Å². The minimum absolute atomic E-state index is 0.0860. The molecule has 7 nitrogen and oxygen atoms in total. The summed E-state index contributed by atoms with van der Waals surface area (Å²) in [5.41, 5.74) is -0.362. The highest BCUT2D eigenvalue weighted by atomic mass is 35.5. The number of nitrogens with zero attached hydrogens (tertiary/aromatic N) is 2. The summed E-state index contributed by atoms with van der Waals surface area (Å²) in [6.07, 6.45) is -3.32. The Bertz CT molecular complexity index is 1790. The Kier molecular flexibility index (Phi) is 12.5. The molecule has 48 heavy (non-hydrogen) atoms. The first-order valence-electron chi connectivity index (χ1n) is 15.1. The van der Waals surface area contributed by atoms with E-state index in [4.69, 9.17) is 23.2 Å². The van der Waals surface area contributed by atoms with Crippen molar-refractivity contribution >= 4 is 50.7 Å². The maximum atomic E-state index is 14.5. The first-order chi connectivity index (χ1) is 22.8. The van der Waals surface area contributed by atoms with E-state index in [0.29, 0.717) is 33.9 Å². The molecule has 0 aliphatic carbocycles. The van der Waals surface area contributed by atoms with Gasteiger partial charge in [-0.25, -0.2) is 8.42 Å². The predicted molar refractivity (Wildman–Crippen MR) is 181 cm³/mol. The first kappa shape index (κ1) is 36.8. The fourth-order valence-corrected chi connectivity index (χ4v) is 6.76. The Morgan fingerprint density at radius 2 is 1.48 bits per heavy atom. The average Bonchev–Trinajstić information content (AvgIpc) is 3.06. The van der Waals surface area contributed by atoms with E-state index in [1.54, 1.807) is 54.6 Å². The van der Waals surface area contributed by atoms with Gasteiger partial charge in [0.25, 0.3) is 10.0 Å². The van der Waals surface area contributed by atoms with Gasteiger partial charge in [0.05, 0.1) is 21.2 Å². The lowest BCUT2D eigenvalue weighted by Crippen LogP contribution is -2.53. The summed E-state index contributed by atoms with van der Waals surface area (Å²) in [6.45, 7) is 1.27. The van der Waals surface area contributed by atoms with Crippen LogP contribution in [0.5, 0.6) is 0 Å². The van der Waals surface area contributed by atoms with Crippen molar-refractivity contribution in [2.24, 2.45) is 0 Å². The van der Waals surface area contributed by atoms with Crippen molar-refractivity contribution in [2.45, 2.75) is 49.8 Å². The third-order valence-electron chi connectivity index (χ3n) is 7.52. The number of unbranched alkanes of at least 4 members (excludes halogenated alkanes) is 1. The van der Waals surface area contributed by atoms with Gasteiger partial charge in [-0.1, -0.05) is 97.2 Å². The molecule has 0 aliphatic heterocycles. The van der Waals surface area contributed by atoms with E-state index in [1.165, 1.54) is 29.2 Å². The number of hydrogen-bond donors (Lipinski definition) is 1. The van der Waals surface area contributed by atoms with E-state index >= 15 is 0 Å². The van der Waals surface area contributed by atoms with Gasteiger partial charge in [-0.2, -0.15) is 13.2 Å². The number of rotatable bonds is 14. The molecule has 0 radical (unpaired) electrons. The van der Waals surface area contributed by atoms with Crippen molar-refractivity contribution < 1.29 is 31.2 Å². The molecule has 0 fully saturated rings. The number of halogens is 5. The highest BCUT2D eigenvalue weighted by Crippen LogP contribution is 2.38. The number of alkyl halides is 3. The van der Waals surface area contributed by atoms with Crippen molar-refractivity contribution in [3.8, 4) is 0 Å². The molecule has 13 heteroatoms. The van der Waals surface area contributed by atoms with Crippen LogP contribution in [0.4, 0.5) is 18.9 Å². The Hall–Kier alpha value is -4.06. The Morgan fingerprint density at radius 3 is 2.08 bits per heavy atom. The standard InChI is InChI=1S/C35H34Cl2F3N3O4S/c1-2-3-20-41-34(45)32(21-25-10-6-4-7-11-25)42(23-26-14-16-27(36)17-15-26)33(44)24-43(48(46,47)29-12-8-5-9-13-29)28-18-19-31(37)30(22-28)35(38,39)40/h4-19,22,32H,2-3,20-21,23-24H2,1H3,(H,41,45)/t32-/m0/s1. The zero-order chi connectivity index (χ0) is 34.9. The second-order valence-corrected chi connectivity index (χ2v) is 13.7. The molecule has 4 aromatic rings. The number of carbonyl (C=O) groups excluding carboxylic acids is 2. The number of amides is 2. The van der Waals surface area contributed by atoms with Crippen LogP contribution in [0, 0.1) is 0 Å². The summed E-state index contributed by atoms with van der Waals surface area (Å²) >= 11 is 12.0. The van der Waals surface area contributed by atoms with Gasteiger partial charge in [-0.05, 0) is 60.0 Å². The van der Waals surface area contributed by atoms with Crippen molar-refractivity contribution in [2.75, 3.05) is 17.4 Å². The summed E-state index contributed by atoms with van der Waals surface area (Å²) < 4.78 is 70.5.